The van der Waals surface area contributed by atoms with Crippen LogP contribution in [-0.4, -0.2) is 41.9 Å². The lowest BCUT2D eigenvalue weighted by Crippen LogP contribution is -2.24. The summed E-state index contributed by atoms with van der Waals surface area (Å²) in [4.78, 5) is 11.8. The van der Waals surface area contributed by atoms with Gasteiger partial charge in [0.25, 0.3) is 6.47 Å². The number of allylic oxidation sites excluding steroid dienone is 3. The fraction of sp³-hybridized carbons (Fsp3) is 0.543. The van der Waals surface area contributed by atoms with Crippen molar-refractivity contribution in [1.82, 2.24) is 9.47 Å². The van der Waals surface area contributed by atoms with E-state index in [2.05, 4.69) is 92.3 Å². The number of rotatable bonds is 9. The zero-order chi connectivity index (χ0) is 28.9. The summed E-state index contributed by atoms with van der Waals surface area (Å²) < 4.78 is 13.1. The maximum atomic E-state index is 9.71. The highest BCUT2D eigenvalue weighted by Crippen LogP contribution is 2.51. The molecule has 0 unspecified atom stereocenters. The van der Waals surface area contributed by atoms with E-state index in [-0.39, 0.29) is 11.5 Å². The molecule has 0 atom stereocenters. The molecule has 0 N–H and O–H groups in total. The number of carbonyl (C=O) groups is 1. The zero-order valence-electron chi connectivity index (χ0n) is 25.6. The predicted molar refractivity (Wildman–Crippen MR) is 163 cm³/mol. The molecule has 0 radical (unpaired) electrons. The van der Waals surface area contributed by atoms with Gasteiger partial charge in [0, 0.05) is 36.5 Å². The van der Waals surface area contributed by atoms with E-state index in [9.17, 15) is 4.79 Å². The smallest absolute Gasteiger partial charge is 0.294 e. The normalized spacial score (nSPS) is 17.6. The van der Waals surface area contributed by atoms with Crippen LogP contribution in [0, 0.1) is 19.3 Å². The molecule has 0 bridgehead atoms. The fourth-order valence-corrected chi connectivity index (χ4v) is 6.18. The molecule has 2 heterocycles. The Hall–Kier alpha value is -3.01. The number of fused-ring (bicyclic) bond motifs is 1. The number of aromatic nitrogens is 1. The summed E-state index contributed by atoms with van der Waals surface area (Å²) in [6, 6.07) is 8.81. The average Bonchev–Trinajstić information content (AvgIpc) is 3.57. The summed E-state index contributed by atoms with van der Waals surface area (Å²) in [5, 5.41) is 0. The van der Waals surface area contributed by atoms with Gasteiger partial charge in [0.05, 0.1) is 12.6 Å². The largest absolute Gasteiger partial charge is 0.485 e. The lowest BCUT2D eigenvalue weighted by atomic mass is 9.72. The number of benzene rings is 1. The van der Waals surface area contributed by atoms with Gasteiger partial charge in [0.15, 0.2) is 5.76 Å². The molecular formula is C35H48N2O3. The van der Waals surface area contributed by atoms with Crippen molar-refractivity contribution in [3.05, 3.63) is 81.5 Å². The fourth-order valence-electron chi connectivity index (χ4n) is 6.18. The summed E-state index contributed by atoms with van der Waals surface area (Å²) in [5.74, 6) is 0.836. The van der Waals surface area contributed by atoms with Crippen LogP contribution in [0.15, 0.2) is 47.9 Å². The standard InChI is InChI=1S/C29H37NO.C6H11NO2/c1-8-24(31-19(2)3)18-30-21(5)25(15-23-12-10-9-11-20(23)4)28-26(22-13-14-22)16-29(6,7)17-27(28)30;8-6-9-5-7-3-1-2-4-7/h9-12,19H,1,13-18H2,2-7H3;6H,1-5H2. The minimum atomic E-state index is 0.128. The van der Waals surface area contributed by atoms with Crippen LogP contribution >= 0.6 is 0 Å². The summed E-state index contributed by atoms with van der Waals surface area (Å²) in [6.45, 7) is 21.2. The predicted octanol–water partition coefficient (Wildman–Crippen LogP) is 7.52. The SMILES string of the molecule is C=C=C(Cn1c(C)c(Cc2ccccc2C)c2c1CC(C)(C)CC2=C1CC1)OC(C)C.O=COCN1CCCC1. The van der Waals surface area contributed by atoms with Crippen LogP contribution in [0.2, 0.25) is 0 Å². The first-order valence-electron chi connectivity index (χ1n) is 14.9. The number of likely N-dealkylation sites (tertiary alicyclic amines) is 1. The molecule has 0 amide bonds. The van der Waals surface area contributed by atoms with Gasteiger partial charge < -0.3 is 14.0 Å². The highest BCUT2D eigenvalue weighted by molar-refractivity contribution is 5.78. The van der Waals surface area contributed by atoms with Crippen molar-refractivity contribution in [3.63, 3.8) is 0 Å². The Morgan fingerprint density at radius 3 is 2.42 bits per heavy atom. The highest BCUT2D eigenvalue weighted by Gasteiger charge is 2.37. The van der Waals surface area contributed by atoms with Crippen LogP contribution in [0.1, 0.15) is 93.4 Å². The van der Waals surface area contributed by atoms with Crippen LogP contribution in [0.5, 0.6) is 0 Å². The molecule has 3 aliphatic rings. The van der Waals surface area contributed by atoms with Crippen molar-refractivity contribution in [1.29, 1.82) is 0 Å². The Balaban J connectivity index is 0.000000350. The monoisotopic (exact) mass is 544 g/mol. The van der Waals surface area contributed by atoms with E-state index in [0.717, 1.165) is 31.7 Å². The van der Waals surface area contributed by atoms with Gasteiger partial charge in [-0.3, -0.25) is 9.69 Å². The van der Waals surface area contributed by atoms with Gasteiger partial charge >= 0.3 is 0 Å². The quantitative estimate of drug-likeness (QED) is 0.186. The van der Waals surface area contributed by atoms with Crippen LogP contribution in [0.25, 0.3) is 5.57 Å². The molecule has 2 fully saturated rings. The molecule has 5 nitrogen and oxygen atoms in total. The van der Waals surface area contributed by atoms with Crippen molar-refractivity contribution < 1.29 is 14.3 Å². The first-order valence-corrected chi connectivity index (χ1v) is 14.9. The second-order valence-corrected chi connectivity index (χ2v) is 12.7. The van der Waals surface area contributed by atoms with E-state index < -0.39 is 0 Å². The second-order valence-electron chi connectivity index (χ2n) is 12.7. The molecule has 1 aromatic carbocycles. The first-order chi connectivity index (χ1) is 19.1. The van der Waals surface area contributed by atoms with Crippen LogP contribution in [0.4, 0.5) is 0 Å². The summed E-state index contributed by atoms with van der Waals surface area (Å²) in [6.07, 6.45) is 8.42. The molecule has 1 saturated carbocycles. The molecule has 0 spiro atoms. The third-order valence-electron chi connectivity index (χ3n) is 8.32. The van der Waals surface area contributed by atoms with Crippen molar-refractivity contribution in [2.45, 2.75) is 99.1 Å². The number of aryl methyl sites for hydroxylation is 1. The molecule has 5 heteroatoms. The van der Waals surface area contributed by atoms with E-state index in [1.54, 1.807) is 16.7 Å². The van der Waals surface area contributed by atoms with Gasteiger partial charge in [-0.05, 0) is 93.9 Å². The Morgan fingerprint density at radius 1 is 1.12 bits per heavy atom. The van der Waals surface area contributed by atoms with Crippen molar-refractivity contribution in [2.24, 2.45) is 5.41 Å². The molecule has 1 aromatic heterocycles. The van der Waals surface area contributed by atoms with Crippen molar-refractivity contribution in [2.75, 3.05) is 19.8 Å². The van der Waals surface area contributed by atoms with Crippen LogP contribution in [0.3, 0.4) is 0 Å². The summed E-state index contributed by atoms with van der Waals surface area (Å²) in [5.41, 5.74) is 15.3. The topological polar surface area (TPSA) is 43.7 Å². The number of hydrogen-bond acceptors (Lipinski definition) is 4. The van der Waals surface area contributed by atoms with Gasteiger partial charge in [-0.25, -0.2) is 0 Å². The molecule has 216 valence electrons. The van der Waals surface area contributed by atoms with E-state index in [1.807, 2.05) is 0 Å². The lowest BCUT2D eigenvalue weighted by molar-refractivity contribution is -0.132. The van der Waals surface area contributed by atoms with E-state index in [4.69, 9.17) is 4.74 Å². The van der Waals surface area contributed by atoms with Gasteiger partial charge in [-0.15, -0.1) is 0 Å². The number of ether oxygens (including phenoxy) is 2. The minimum absolute atomic E-state index is 0.128. The van der Waals surface area contributed by atoms with Gasteiger partial charge in [-0.1, -0.05) is 56.0 Å². The first kappa shape index (κ1) is 30.0. The molecule has 1 aliphatic heterocycles. The van der Waals surface area contributed by atoms with Crippen molar-refractivity contribution >= 4 is 12.0 Å². The van der Waals surface area contributed by atoms with E-state index in [0.29, 0.717) is 19.7 Å². The van der Waals surface area contributed by atoms with Gasteiger partial charge in [0.2, 0.25) is 0 Å². The molecule has 2 aromatic rings. The van der Waals surface area contributed by atoms with Crippen molar-refractivity contribution in [3.8, 4) is 0 Å². The Morgan fingerprint density at radius 2 is 1.82 bits per heavy atom. The minimum Gasteiger partial charge on any atom is -0.485 e. The second kappa shape index (κ2) is 13.1. The maximum absolute atomic E-state index is 9.71. The maximum Gasteiger partial charge on any atom is 0.294 e. The van der Waals surface area contributed by atoms with Crippen LogP contribution in [-0.2, 0) is 33.7 Å². The summed E-state index contributed by atoms with van der Waals surface area (Å²) >= 11 is 0. The number of carbonyl (C=O) groups excluding carboxylic acids is 1. The highest BCUT2D eigenvalue weighted by atomic mass is 16.5. The van der Waals surface area contributed by atoms with E-state index >= 15 is 0 Å². The Kier molecular flexibility index (Phi) is 9.81. The Bertz CT molecular complexity index is 1280. The third kappa shape index (κ3) is 7.38. The molecular weight excluding hydrogens is 496 g/mol. The lowest BCUT2D eigenvalue weighted by Gasteiger charge is -2.33. The molecule has 2 aliphatic carbocycles. The number of nitrogens with zero attached hydrogens (tertiary/aromatic N) is 2. The average molecular weight is 545 g/mol. The molecule has 5 rings (SSSR count). The Labute approximate surface area is 241 Å². The zero-order valence-corrected chi connectivity index (χ0v) is 25.6. The van der Waals surface area contributed by atoms with Gasteiger partial charge in [-0.2, -0.15) is 0 Å². The molecule has 1 saturated heterocycles. The number of hydrogen-bond donors (Lipinski definition) is 0. The third-order valence-corrected chi connectivity index (χ3v) is 8.32. The summed E-state index contributed by atoms with van der Waals surface area (Å²) in [7, 11) is 0. The van der Waals surface area contributed by atoms with Crippen LogP contribution < -0.4 is 0 Å². The molecule has 40 heavy (non-hydrogen) atoms. The van der Waals surface area contributed by atoms with Gasteiger partial charge in [0.1, 0.15) is 6.73 Å². The van der Waals surface area contributed by atoms with E-state index in [1.165, 1.54) is 60.2 Å².